The first-order valence-electron chi connectivity index (χ1n) is 5.99. The van der Waals surface area contributed by atoms with Crippen molar-refractivity contribution in [2.45, 2.75) is 32.7 Å². The van der Waals surface area contributed by atoms with Crippen molar-refractivity contribution in [1.82, 2.24) is 9.88 Å². The molecule has 0 aromatic carbocycles. The van der Waals surface area contributed by atoms with E-state index in [1.807, 2.05) is 13.1 Å². The summed E-state index contributed by atoms with van der Waals surface area (Å²) in [4.78, 5) is 18.6. The molecule has 0 amide bonds. The van der Waals surface area contributed by atoms with Crippen molar-refractivity contribution in [3.63, 3.8) is 0 Å². The molecule has 1 saturated heterocycles. The molecule has 4 nitrogen and oxygen atoms in total. The summed E-state index contributed by atoms with van der Waals surface area (Å²) in [6.07, 6.45) is 4.28. The van der Waals surface area contributed by atoms with E-state index in [9.17, 15) is 4.79 Å². The van der Waals surface area contributed by atoms with Gasteiger partial charge in [0.2, 0.25) is 0 Å². The number of aromatic nitrogens is 1. The first kappa shape index (κ1) is 12.5. The molecule has 1 fully saturated rings. The number of nitrogens with zero attached hydrogens (tertiary/aromatic N) is 2. The number of aliphatic carboxylic acids is 1. The Morgan fingerprint density at radius 1 is 1.59 bits per heavy atom. The standard InChI is InChI=1S/C12H18N2O2S/c1-9-13-7-11(17-9)8-14-4-2-10(3-5-14)6-12(15)16/h7,10H,2-6,8H2,1H3,(H,15,16). The summed E-state index contributed by atoms with van der Waals surface area (Å²) in [5.74, 6) is -0.298. The SMILES string of the molecule is Cc1ncc(CN2CCC(CC(=O)O)CC2)s1. The van der Waals surface area contributed by atoms with Crippen molar-refractivity contribution in [2.24, 2.45) is 5.92 Å². The monoisotopic (exact) mass is 254 g/mol. The maximum atomic E-state index is 10.6. The van der Waals surface area contributed by atoms with Crippen LogP contribution in [0.25, 0.3) is 0 Å². The summed E-state index contributed by atoms with van der Waals surface area (Å²) in [5.41, 5.74) is 0. The number of piperidine rings is 1. The van der Waals surface area contributed by atoms with Gasteiger partial charge in [0.15, 0.2) is 0 Å². The molecule has 1 aromatic rings. The first-order valence-corrected chi connectivity index (χ1v) is 6.80. The number of carboxylic acid groups (broad SMARTS) is 1. The molecule has 1 aliphatic rings. The summed E-state index contributed by atoms with van der Waals surface area (Å²) in [5, 5.41) is 9.86. The lowest BCUT2D eigenvalue weighted by Gasteiger charge is -2.30. The number of hydrogen-bond donors (Lipinski definition) is 1. The Morgan fingerprint density at radius 3 is 2.82 bits per heavy atom. The summed E-state index contributed by atoms with van der Waals surface area (Å²) in [7, 11) is 0. The molecule has 0 unspecified atom stereocenters. The molecule has 1 N–H and O–H groups in total. The summed E-state index contributed by atoms with van der Waals surface area (Å²) < 4.78 is 0. The van der Waals surface area contributed by atoms with E-state index in [1.54, 1.807) is 11.3 Å². The zero-order valence-electron chi connectivity index (χ0n) is 10.1. The molecule has 0 bridgehead atoms. The lowest BCUT2D eigenvalue weighted by Crippen LogP contribution is -2.33. The highest BCUT2D eigenvalue weighted by Gasteiger charge is 2.21. The van der Waals surface area contributed by atoms with E-state index in [1.165, 1.54) is 4.88 Å². The predicted molar refractivity (Wildman–Crippen MR) is 67.1 cm³/mol. The molecule has 0 spiro atoms. The van der Waals surface area contributed by atoms with Crippen molar-refractivity contribution >= 4 is 17.3 Å². The van der Waals surface area contributed by atoms with Gasteiger partial charge in [0.1, 0.15) is 0 Å². The fourth-order valence-electron chi connectivity index (χ4n) is 2.29. The third kappa shape index (κ3) is 3.78. The van der Waals surface area contributed by atoms with Gasteiger partial charge in [0, 0.05) is 24.0 Å². The van der Waals surface area contributed by atoms with E-state index < -0.39 is 5.97 Å². The van der Waals surface area contributed by atoms with Gasteiger partial charge in [-0.3, -0.25) is 9.69 Å². The number of thiazole rings is 1. The van der Waals surface area contributed by atoms with Crippen LogP contribution in [-0.4, -0.2) is 34.0 Å². The Kier molecular flexibility index (Phi) is 4.12. The molecular formula is C12H18N2O2S. The lowest BCUT2D eigenvalue weighted by atomic mass is 9.94. The zero-order chi connectivity index (χ0) is 12.3. The van der Waals surface area contributed by atoms with Crippen molar-refractivity contribution in [2.75, 3.05) is 13.1 Å². The number of hydrogen-bond acceptors (Lipinski definition) is 4. The van der Waals surface area contributed by atoms with E-state index in [2.05, 4.69) is 9.88 Å². The van der Waals surface area contributed by atoms with Gasteiger partial charge >= 0.3 is 5.97 Å². The Morgan fingerprint density at radius 2 is 2.29 bits per heavy atom. The van der Waals surface area contributed by atoms with Crippen LogP contribution in [0.15, 0.2) is 6.20 Å². The maximum absolute atomic E-state index is 10.6. The van der Waals surface area contributed by atoms with Gasteiger partial charge in [-0.25, -0.2) is 4.98 Å². The Bertz CT molecular complexity index is 384. The quantitative estimate of drug-likeness (QED) is 0.894. The van der Waals surface area contributed by atoms with E-state index in [0.29, 0.717) is 12.3 Å². The fraction of sp³-hybridized carbons (Fsp3) is 0.667. The van der Waals surface area contributed by atoms with Gasteiger partial charge in [0.25, 0.3) is 0 Å². The fourth-order valence-corrected chi connectivity index (χ4v) is 3.13. The lowest BCUT2D eigenvalue weighted by molar-refractivity contribution is -0.138. The van der Waals surface area contributed by atoms with E-state index >= 15 is 0 Å². The maximum Gasteiger partial charge on any atom is 0.303 e. The van der Waals surface area contributed by atoms with Crippen molar-refractivity contribution in [3.8, 4) is 0 Å². The van der Waals surface area contributed by atoms with Crippen LogP contribution >= 0.6 is 11.3 Å². The van der Waals surface area contributed by atoms with Gasteiger partial charge in [-0.15, -0.1) is 11.3 Å². The molecule has 1 aromatic heterocycles. The molecule has 1 aliphatic heterocycles. The van der Waals surface area contributed by atoms with Gasteiger partial charge < -0.3 is 5.11 Å². The highest BCUT2D eigenvalue weighted by atomic mass is 32.1. The van der Waals surface area contributed by atoms with Crippen LogP contribution in [0.5, 0.6) is 0 Å². The molecule has 5 heteroatoms. The van der Waals surface area contributed by atoms with E-state index in [0.717, 1.165) is 37.5 Å². The van der Waals surface area contributed by atoms with Crippen LogP contribution in [0.2, 0.25) is 0 Å². The number of carboxylic acids is 1. The van der Waals surface area contributed by atoms with Crippen molar-refractivity contribution in [3.05, 3.63) is 16.1 Å². The van der Waals surface area contributed by atoms with Crippen LogP contribution in [-0.2, 0) is 11.3 Å². The minimum atomic E-state index is -0.665. The summed E-state index contributed by atoms with van der Waals surface area (Å²) >= 11 is 1.75. The van der Waals surface area contributed by atoms with E-state index in [4.69, 9.17) is 5.11 Å². The second-order valence-corrected chi connectivity index (χ2v) is 5.98. The third-order valence-corrected chi connectivity index (χ3v) is 4.12. The molecule has 2 rings (SSSR count). The second kappa shape index (κ2) is 5.60. The first-order chi connectivity index (χ1) is 8.13. The summed E-state index contributed by atoms with van der Waals surface area (Å²) in [6.45, 7) is 5.00. The zero-order valence-corrected chi connectivity index (χ0v) is 10.9. The highest BCUT2D eigenvalue weighted by Crippen LogP contribution is 2.23. The highest BCUT2D eigenvalue weighted by molar-refractivity contribution is 7.11. The Labute approximate surface area is 105 Å². The van der Waals surface area contributed by atoms with Crippen molar-refractivity contribution in [1.29, 1.82) is 0 Å². The molecule has 2 heterocycles. The molecule has 0 saturated carbocycles. The van der Waals surface area contributed by atoms with Gasteiger partial charge in [-0.2, -0.15) is 0 Å². The second-order valence-electron chi connectivity index (χ2n) is 4.66. The molecule has 0 radical (unpaired) electrons. The molecule has 0 atom stereocenters. The van der Waals surface area contributed by atoms with Gasteiger partial charge in [-0.05, 0) is 38.8 Å². The van der Waals surface area contributed by atoms with Crippen LogP contribution in [0.3, 0.4) is 0 Å². The van der Waals surface area contributed by atoms with Crippen LogP contribution in [0.4, 0.5) is 0 Å². The third-order valence-electron chi connectivity index (χ3n) is 3.22. The minimum absolute atomic E-state index is 0.327. The predicted octanol–water partition coefficient (Wildman–Crippen LogP) is 2.14. The number of rotatable bonds is 4. The van der Waals surface area contributed by atoms with Crippen molar-refractivity contribution < 1.29 is 9.90 Å². The van der Waals surface area contributed by atoms with Gasteiger partial charge in [0.05, 0.1) is 5.01 Å². The van der Waals surface area contributed by atoms with Crippen LogP contribution in [0, 0.1) is 12.8 Å². The molecule has 94 valence electrons. The Balaban J connectivity index is 1.77. The van der Waals surface area contributed by atoms with Crippen LogP contribution in [0.1, 0.15) is 29.1 Å². The average molecular weight is 254 g/mol. The minimum Gasteiger partial charge on any atom is -0.481 e. The number of aryl methyl sites for hydroxylation is 1. The largest absolute Gasteiger partial charge is 0.481 e. The average Bonchev–Trinajstić information content (AvgIpc) is 2.66. The smallest absolute Gasteiger partial charge is 0.303 e. The van der Waals surface area contributed by atoms with Gasteiger partial charge in [-0.1, -0.05) is 0 Å². The molecule has 17 heavy (non-hydrogen) atoms. The molecular weight excluding hydrogens is 236 g/mol. The topological polar surface area (TPSA) is 53.4 Å². The normalized spacial score (nSPS) is 18.4. The van der Waals surface area contributed by atoms with Crippen LogP contribution < -0.4 is 0 Å². The number of carbonyl (C=O) groups is 1. The molecule has 0 aliphatic carbocycles. The summed E-state index contributed by atoms with van der Waals surface area (Å²) in [6, 6.07) is 0. The Hall–Kier alpha value is -0.940. The van der Waals surface area contributed by atoms with E-state index in [-0.39, 0.29) is 0 Å². The number of likely N-dealkylation sites (tertiary alicyclic amines) is 1.